The minimum atomic E-state index is -0.416. The van der Waals surface area contributed by atoms with Crippen LogP contribution in [0.15, 0.2) is 78.9 Å². The van der Waals surface area contributed by atoms with Gasteiger partial charge in [-0.15, -0.1) is 0 Å². The number of para-hydroxylation sites is 1. The zero-order valence-corrected chi connectivity index (χ0v) is 16.7. The zero-order valence-electron chi connectivity index (χ0n) is 16.7. The van der Waals surface area contributed by atoms with Gasteiger partial charge < -0.3 is 14.8 Å². The fourth-order valence-corrected chi connectivity index (χ4v) is 2.49. The summed E-state index contributed by atoms with van der Waals surface area (Å²) in [6, 6.07) is 14.9. The highest BCUT2D eigenvalue weighted by atomic mass is 16.5. The molecule has 0 heterocycles. The first-order valence-electron chi connectivity index (χ1n) is 9.30. The summed E-state index contributed by atoms with van der Waals surface area (Å²) in [4.78, 5) is 11.9. The Balaban J connectivity index is 1.72. The Morgan fingerprint density at radius 2 is 1.69 bits per heavy atom. The third-order valence-electron chi connectivity index (χ3n) is 4.00. The predicted octanol–water partition coefficient (Wildman–Crippen LogP) is 5.27. The number of nitrogens with one attached hydrogen (secondary N) is 2. The lowest BCUT2D eigenvalue weighted by atomic mass is 10.2. The summed E-state index contributed by atoms with van der Waals surface area (Å²) in [5.41, 5.74) is 1.64. The smallest absolute Gasteiger partial charge is 0.273 e. The van der Waals surface area contributed by atoms with Gasteiger partial charge >= 0.3 is 0 Å². The SMILES string of the molecule is COc1ccc(/C=C/C=C\CC/C=C/C(=N)C(=O)Nc2ccccc2)cc1OC. The van der Waals surface area contributed by atoms with Crippen LogP contribution in [0.25, 0.3) is 6.08 Å². The lowest BCUT2D eigenvalue weighted by Gasteiger charge is -2.07. The molecule has 5 heteroatoms. The van der Waals surface area contributed by atoms with Crippen LogP contribution >= 0.6 is 0 Å². The molecule has 0 saturated heterocycles. The van der Waals surface area contributed by atoms with Gasteiger partial charge in [0.1, 0.15) is 5.71 Å². The van der Waals surface area contributed by atoms with Crippen molar-refractivity contribution in [1.82, 2.24) is 0 Å². The molecule has 0 bridgehead atoms. The number of benzene rings is 2. The van der Waals surface area contributed by atoms with E-state index in [-0.39, 0.29) is 5.71 Å². The minimum Gasteiger partial charge on any atom is -0.493 e. The van der Waals surface area contributed by atoms with Crippen LogP contribution in [-0.4, -0.2) is 25.8 Å². The third-order valence-corrected chi connectivity index (χ3v) is 4.00. The van der Waals surface area contributed by atoms with E-state index >= 15 is 0 Å². The highest BCUT2D eigenvalue weighted by molar-refractivity contribution is 6.45. The Morgan fingerprint density at radius 1 is 0.966 bits per heavy atom. The number of anilines is 1. The van der Waals surface area contributed by atoms with Crippen molar-refractivity contribution in [2.45, 2.75) is 12.8 Å². The van der Waals surface area contributed by atoms with Crippen molar-refractivity contribution >= 4 is 23.4 Å². The molecular formula is C24H26N2O3. The predicted molar refractivity (Wildman–Crippen MR) is 119 cm³/mol. The lowest BCUT2D eigenvalue weighted by molar-refractivity contribution is -0.110. The zero-order chi connectivity index (χ0) is 20.9. The quantitative estimate of drug-likeness (QED) is 0.330. The highest BCUT2D eigenvalue weighted by Crippen LogP contribution is 2.27. The maximum absolute atomic E-state index is 11.9. The monoisotopic (exact) mass is 390 g/mol. The molecule has 0 fully saturated rings. The van der Waals surface area contributed by atoms with Gasteiger partial charge in [0.2, 0.25) is 0 Å². The summed E-state index contributed by atoms with van der Waals surface area (Å²) in [6.45, 7) is 0. The Labute approximate surface area is 171 Å². The average Bonchev–Trinajstić information content (AvgIpc) is 2.75. The van der Waals surface area contributed by atoms with Gasteiger partial charge in [-0.2, -0.15) is 0 Å². The Bertz CT molecular complexity index is 900. The molecule has 1 amide bonds. The summed E-state index contributed by atoms with van der Waals surface area (Å²) < 4.78 is 10.5. The second kappa shape index (κ2) is 12.0. The molecular weight excluding hydrogens is 364 g/mol. The average molecular weight is 390 g/mol. The number of allylic oxidation sites excluding steroid dienone is 4. The molecule has 0 aromatic heterocycles. The van der Waals surface area contributed by atoms with E-state index in [1.807, 2.05) is 66.8 Å². The van der Waals surface area contributed by atoms with Crippen LogP contribution in [0.4, 0.5) is 5.69 Å². The Hall–Kier alpha value is -3.60. The molecule has 2 aromatic carbocycles. The molecule has 5 nitrogen and oxygen atoms in total. The van der Waals surface area contributed by atoms with E-state index in [1.54, 1.807) is 26.4 Å². The molecule has 0 atom stereocenters. The Morgan fingerprint density at radius 3 is 2.41 bits per heavy atom. The first-order valence-corrected chi connectivity index (χ1v) is 9.30. The first kappa shape index (κ1) is 21.7. The highest BCUT2D eigenvalue weighted by Gasteiger charge is 2.05. The van der Waals surface area contributed by atoms with E-state index in [0.29, 0.717) is 17.2 Å². The second-order valence-electron chi connectivity index (χ2n) is 6.12. The fourth-order valence-electron chi connectivity index (χ4n) is 2.49. The van der Waals surface area contributed by atoms with Crippen LogP contribution in [0, 0.1) is 5.41 Å². The number of hydrogen-bond donors (Lipinski definition) is 2. The second-order valence-corrected chi connectivity index (χ2v) is 6.12. The van der Waals surface area contributed by atoms with E-state index in [2.05, 4.69) is 5.32 Å². The summed E-state index contributed by atoms with van der Waals surface area (Å²) in [7, 11) is 3.23. The van der Waals surface area contributed by atoms with E-state index in [4.69, 9.17) is 14.9 Å². The topological polar surface area (TPSA) is 71.4 Å². The van der Waals surface area contributed by atoms with Crippen molar-refractivity contribution in [1.29, 1.82) is 5.41 Å². The van der Waals surface area contributed by atoms with Crippen LogP contribution in [0.1, 0.15) is 18.4 Å². The number of amides is 1. The van der Waals surface area contributed by atoms with Crippen molar-refractivity contribution in [2.24, 2.45) is 0 Å². The van der Waals surface area contributed by atoms with Crippen molar-refractivity contribution in [3.8, 4) is 11.5 Å². The molecule has 2 aromatic rings. The van der Waals surface area contributed by atoms with Gasteiger partial charge in [0.05, 0.1) is 14.2 Å². The molecule has 0 aliphatic heterocycles. The Kier molecular flexibility index (Phi) is 8.96. The standard InChI is InChI=1S/C24H26N2O3/c1-28-22-17-16-19(18-23(22)29-2)12-8-5-3-4-6-11-15-21(25)24(27)26-20-13-9-7-10-14-20/h3,5,7-18,25H,4,6H2,1-2H3,(H,26,27)/b5-3-,12-8+,15-11+,25-21?. The number of unbranched alkanes of at least 4 members (excludes halogenated alkanes) is 1. The van der Waals surface area contributed by atoms with E-state index < -0.39 is 5.91 Å². The maximum Gasteiger partial charge on any atom is 0.273 e. The molecule has 2 rings (SSSR count). The lowest BCUT2D eigenvalue weighted by Crippen LogP contribution is -2.20. The first-order chi connectivity index (χ1) is 14.1. The summed E-state index contributed by atoms with van der Waals surface area (Å²) in [6.07, 6.45) is 12.9. The fraction of sp³-hybridized carbons (Fsp3) is 0.167. The number of ether oxygens (including phenoxy) is 2. The van der Waals surface area contributed by atoms with E-state index in [1.165, 1.54) is 6.08 Å². The maximum atomic E-state index is 11.9. The number of hydrogen-bond acceptors (Lipinski definition) is 4. The molecule has 0 radical (unpaired) electrons. The molecule has 0 saturated carbocycles. The van der Waals surface area contributed by atoms with Gasteiger partial charge in [0.25, 0.3) is 5.91 Å². The number of methoxy groups -OCH3 is 2. The van der Waals surface area contributed by atoms with Gasteiger partial charge in [-0.3, -0.25) is 10.2 Å². The molecule has 0 aliphatic rings. The van der Waals surface area contributed by atoms with Crippen molar-refractivity contribution in [2.75, 3.05) is 19.5 Å². The molecule has 2 N–H and O–H groups in total. The van der Waals surface area contributed by atoms with Crippen molar-refractivity contribution < 1.29 is 14.3 Å². The van der Waals surface area contributed by atoms with Gasteiger partial charge in [-0.05, 0) is 48.7 Å². The largest absolute Gasteiger partial charge is 0.493 e. The van der Waals surface area contributed by atoms with Crippen LogP contribution in [-0.2, 0) is 4.79 Å². The molecule has 0 spiro atoms. The number of carbonyl (C=O) groups excluding carboxylic acids is 1. The summed E-state index contributed by atoms with van der Waals surface area (Å²) >= 11 is 0. The van der Waals surface area contributed by atoms with Crippen LogP contribution in [0.5, 0.6) is 11.5 Å². The third kappa shape index (κ3) is 7.50. The van der Waals surface area contributed by atoms with Crippen LogP contribution < -0.4 is 14.8 Å². The molecule has 29 heavy (non-hydrogen) atoms. The van der Waals surface area contributed by atoms with Crippen LogP contribution in [0.2, 0.25) is 0 Å². The normalized spacial score (nSPS) is 11.2. The number of rotatable bonds is 10. The summed E-state index contributed by atoms with van der Waals surface area (Å²) in [5.74, 6) is 0.985. The van der Waals surface area contributed by atoms with Gasteiger partial charge in [-0.25, -0.2) is 0 Å². The van der Waals surface area contributed by atoms with E-state index in [9.17, 15) is 4.79 Å². The van der Waals surface area contributed by atoms with Gasteiger partial charge in [0.15, 0.2) is 11.5 Å². The molecule has 150 valence electrons. The van der Waals surface area contributed by atoms with Gasteiger partial charge in [-0.1, -0.05) is 54.6 Å². The molecule has 0 aliphatic carbocycles. The molecule has 0 unspecified atom stereocenters. The number of carbonyl (C=O) groups is 1. The van der Waals surface area contributed by atoms with Crippen molar-refractivity contribution in [3.05, 3.63) is 84.5 Å². The summed E-state index contributed by atoms with van der Waals surface area (Å²) in [5, 5.41) is 10.5. The van der Waals surface area contributed by atoms with Crippen molar-refractivity contribution in [3.63, 3.8) is 0 Å². The van der Waals surface area contributed by atoms with E-state index in [0.717, 1.165) is 18.4 Å². The van der Waals surface area contributed by atoms with Gasteiger partial charge in [0, 0.05) is 5.69 Å². The minimum absolute atomic E-state index is 0.0637. The van der Waals surface area contributed by atoms with Crippen LogP contribution in [0.3, 0.4) is 0 Å².